The Balaban J connectivity index is 1.46. The number of sulfonamides is 1. The highest BCUT2D eigenvalue weighted by atomic mass is 35.5. The first-order valence-corrected chi connectivity index (χ1v) is 13.4. The molecule has 0 saturated heterocycles. The Kier molecular flexibility index (Phi) is 6.40. The molecule has 0 fully saturated rings. The predicted octanol–water partition coefficient (Wildman–Crippen LogP) is 4.73. The van der Waals surface area contributed by atoms with Crippen LogP contribution in [0.4, 0.5) is 5.69 Å². The first-order valence-electron chi connectivity index (χ1n) is 10.6. The zero-order chi connectivity index (χ0) is 23.5. The Hall–Kier alpha value is -3.14. The first-order chi connectivity index (χ1) is 16.5. The summed E-state index contributed by atoms with van der Waals surface area (Å²) in [4.78, 5) is 0.216. The van der Waals surface area contributed by atoms with Crippen LogP contribution in [0.1, 0.15) is 11.4 Å². The van der Waals surface area contributed by atoms with E-state index in [4.69, 9.17) is 16.7 Å². The van der Waals surface area contributed by atoms with Gasteiger partial charge in [-0.15, -0.1) is 10.2 Å². The molecule has 1 aliphatic heterocycles. The number of fused-ring (bicyclic) bond motifs is 1. The third kappa shape index (κ3) is 4.59. The number of aromatic nitrogens is 3. The van der Waals surface area contributed by atoms with Crippen LogP contribution in [-0.4, -0.2) is 41.3 Å². The highest BCUT2D eigenvalue weighted by Crippen LogP contribution is 2.27. The fourth-order valence-electron chi connectivity index (χ4n) is 3.61. The number of hydrogen-bond donors (Lipinski definition) is 0. The predicted molar refractivity (Wildman–Crippen MR) is 135 cm³/mol. The fraction of sp³-hybridized carbons (Fsp3) is 0.125. The van der Waals surface area contributed by atoms with Gasteiger partial charge in [0.2, 0.25) is 5.16 Å². The normalized spacial score (nSPS) is 13.3. The molecular weight excluding hydrogens is 490 g/mol. The molecule has 0 spiro atoms. The number of anilines is 1. The van der Waals surface area contributed by atoms with Crippen molar-refractivity contribution in [1.82, 2.24) is 14.9 Å². The van der Waals surface area contributed by atoms with Crippen molar-refractivity contribution in [2.75, 3.05) is 16.6 Å². The number of benzene rings is 3. The number of hydrogen-bond acceptors (Lipinski definition) is 6. The largest absolute Gasteiger partial charge is 0.266 e. The summed E-state index contributed by atoms with van der Waals surface area (Å²) < 4.78 is 30.1. The quantitative estimate of drug-likeness (QED) is 0.360. The van der Waals surface area contributed by atoms with E-state index in [1.54, 1.807) is 71.0 Å². The van der Waals surface area contributed by atoms with Crippen LogP contribution in [0, 0.1) is 0 Å². The minimum Gasteiger partial charge on any atom is -0.266 e. The third-order valence-electron chi connectivity index (χ3n) is 5.33. The monoisotopic (exact) mass is 509 g/mol. The summed E-state index contributed by atoms with van der Waals surface area (Å²) in [7, 11) is -3.80. The Bertz CT molecular complexity index is 1420. The maximum atomic E-state index is 13.5. The van der Waals surface area contributed by atoms with Gasteiger partial charge in [0.15, 0.2) is 5.82 Å². The minimum absolute atomic E-state index is 0.165. The molecule has 0 bridgehead atoms. The second kappa shape index (κ2) is 9.61. The number of rotatable bonds is 7. The van der Waals surface area contributed by atoms with Crippen molar-refractivity contribution in [3.63, 3.8) is 0 Å². The molecule has 0 aliphatic carbocycles. The van der Waals surface area contributed by atoms with Crippen molar-refractivity contribution >= 4 is 44.8 Å². The van der Waals surface area contributed by atoms with Crippen molar-refractivity contribution in [3.05, 3.63) is 101 Å². The molecule has 2 heterocycles. The summed E-state index contributed by atoms with van der Waals surface area (Å²) in [5.41, 5.74) is 2.48. The van der Waals surface area contributed by atoms with Gasteiger partial charge in [0.25, 0.3) is 10.0 Å². The molecule has 7 nitrogen and oxygen atoms in total. The molecule has 4 aromatic rings. The Morgan fingerprint density at radius 2 is 1.59 bits per heavy atom. The molecule has 1 aromatic heterocycles. The van der Waals surface area contributed by atoms with Crippen molar-refractivity contribution in [2.24, 2.45) is 5.10 Å². The smallest absolute Gasteiger partial charge is 0.264 e. The maximum Gasteiger partial charge on any atom is 0.264 e. The van der Waals surface area contributed by atoms with Crippen LogP contribution in [0.2, 0.25) is 5.02 Å². The molecule has 0 radical (unpaired) electrons. The molecule has 172 valence electrons. The molecule has 1 aliphatic rings. The SMILES string of the molecule is O=S(=O)(c1ccccc1)N(CCc1nnc2n1N=C(c1ccccc1)CS2)c1ccc(Cl)cc1. The summed E-state index contributed by atoms with van der Waals surface area (Å²) in [5, 5.41) is 14.5. The molecule has 0 amide bonds. The lowest BCUT2D eigenvalue weighted by Gasteiger charge is -2.24. The summed E-state index contributed by atoms with van der Waals surface area (Å²) in [6.45, 7) is 0.165. The van der Waals surface area contributed by atoms with E-state index in [-0.39, 0.29) is 11.4 Å². The van der Waals surface area contributed by atoms with Gasteiger partial charge in [0.1, 0.15) is 0 Å². The van der Waals surface area contributed by atoms with Gasteiger partial charge in [-0.2, -0.15) is 9.78 Å². The molecular formula is C24H20ClN5O2S2. The summed E-state index contributed by atoms with van der Waals surface area (Å²) in [6, 6.07) is 25.1. The van der Waals surface area contributed by atoms with E-state index >= 15 is 0 Å². The highest BCUT2D eigenvalue weighted by molar-refractivity contribution is 7.99. The lowest BCUT2D eigenvalue weighted by molar-refractivity contribution is 0.589. The zero-order valence-corrected chi connectivity index (χ0v) is 20.3. The lowest BCUT2D eigenvalue weighted by Crippen LogP contribution is -2.33. The molecule has 3 aromatic carbocycles. The topological polar surface area (TPSA) is 80.5 Å². The van der Waals surface area contributed by atoms with Crippen LogP contribution in [-0.2, 0) is 16.4 Å². The van der Waals surface area contributed by atoms with Crippen LogP contribution >= 0.6 is 23.4 Å². The zero-order valence-electron chi connectivity index (χ0n) is 18.0. The van der Waals surface area contributed by atoms with Crippen molar-refractivity contribution in [3.8, 4) is 0 Å². The number of thioether (sulfide) groups is 1. The Labute approximate surface area is 207 Å². The molecule has 0 saturated carbocycles. The first kappa shape index (κ1) is 22.6. The van der Waals surface area contributed by atoms with Crippen LogP contribution in [0.3, 0.4) is 0 Å². The van der Waals surface area contributed by atoms with Crippen LogP contribution in [0.25, 0.3) is 0 Å². The molecule has 0 atom stereocenters. The maximum absolute atomic E-state index is 13.5. The summed E-state index contributed by atoms with van der Waals surface area (Å²) >= 11 is 7.60. The van der Waals surface area contributed by atoms with Gasteiger partial charge in [-0.05, 0) is 42.0 Å². The average Bonchev–Trinajstić information content (AvgIpc) is 3.28. The second-order valence-corrected chi connectivity index (χ2v) is 10.8. The van der Waals surface area contributed by atoms with E-state index in [1.807, 2.05) is 30.3 Å². The summed E-state index contributed by atoms with van der Waals surface area (Å²) in [6.07, 6.45) is 0.327. The van der Waals surface area contributed by atoms with Crippen molar-refractivity contribution in [2.45, 2.75) is 16.5 Å². The number of nitrogens with zero attached hydrogens (tertiary/aromatic N) is 5. The second-order valence-electron chi connectivity index (χ2n) is 7.53. The van der Waals surface area contributed by atoms with Gasteiger partial charge in [-0.25, -0.2) is 8.42 Å². The van der Waals surface area contributed by atoms with Crippen LogP contribution in [0.15, 0.2) is 100 Å². The van der Waals surface area contributed by atoms with Gasteiger partial charge in [-0.3, -0.25) is 4.31 Å². The molecule has 0 unspecified atom stereocenters. The number of halogens is 1. The van der Waals surface area contributed by atoms with E-state index < -0.39 is 10.0 Å². The molecule has 10 heteroatoms. The van der Waals surface area contributed by atoms with Crippen LogP contribution < -0.4 is 4.31 Å². The van der Waals surface area contributed by atoms with Crippen molar-refractivity contribution < 1.29 is 8.42 Å². The van der Waals surface area contributed by atoms with Gasteiger partial charge < -0.3 is 0 Å². The minimum atomic E-state index is -3.80. The lowest BCUT2D eigenvalue weighted by atomic mass is 10.1. The van der Waals surface area contributed by atoms with E-state index in [2.05, 4.69) is 10.2 Å². The molecule has 5 rings (SSSR count). The van der Waals surface area contributed by atoms with Crippen LogP contribution in [0.5, 0.6) is 0 Å². The van der Waals surface area contributed by atoms with Gasteiger partial charge in [-0.1, -0.05) is 71.9 Å². The van der Waals surface area contributed by atoms with Gasteiger partial charge >= 0.3 is 0 Å². The Morgan fingerprint density at radius 1 is 0.912 bits per heavy atom. The molecule has 34 heavy (non-hydrogen) atoms. The Morgan fingerprint density at radius 3 is 2.29 bits per heavy atom. The average molecular weight is 510 g/mol. The van der Waals surface area contributed by atoms with E-state index in [1.165, 1.54) is 4.31 Å². The highest BCUT2D eigenvalue weighted by Gasteiger charge is 2.26. The van der Waals surface area contributed by atoms with E-state index in [9.17, 15) is 8.42 Å². The van der Waals surface area contributed by atoms with Gasteiger partial charge in [0.05, 0.1) is 16.3 Å². The van der Waals surface area contributed by atoms with E-state index in [0.29, 0.717) is 33.9 Å². The fourth-order valence-corrected chi connectivity index (χ4v) is 6.08. The summed E-state index contributed by atoms with van der Waals surface area (Å²) in [5.74, 6) is 1.29. The third-order valence-corrected chi connectivity index (χ3v) is 8.35. The van der Waals surface area contributed by atoms with E-state index in [0.717, 1.165) is 11.3 Å². The van der Waals surface area contributed by atoms with Gasteiger partial charge in [0, 0.05) is 23.7 Å². The molecule has 0 N–H and O–H groups in total. The van der Waals surface area contributed by atoms with Crippen molar-refractivity contribution in [1.29, 1.82) is 0 Å². The standard InChI is InChI=1S/C24H20ClN5O2S2/c25-19-11-13-20(14-12-19)29(34(31,32)21-9-5-2-6-10-21)16-15-23-26-27-24-30(23)28-22(17-33-24)18-7-3-1-4-8-18/h1-14H,15-17H2.